The molecule has 0 unspecified atom stereocenters. The molecular formula is C17H25N3O3. The average molecular weight is 319 g/mol. The number of anilines is 2. The van der Waals surface area contributed by atoms with Gasteiger partial charge in [0.1, 0.15) is 5.60 Å². The third-order valence-corrected chi connectivity index (χ3v) is 4.12. The van der Waals surface area contributed by atoms with Crippen molar-refractivity contribution < 1.29 is 14.3 Å². The zero-order valence-corrected chi connectivity index (χ0v) is 14.0. The van der Waals surface area contributed by atoms with Gasteiger partial charge in [-0.15, -0.1) is 0 Å². The molecule has 0 saturated carbocycles. The first-order valence-corrected chi connectivity index (χ1v) is 8.04. The fourth-order valence-corrected chi connectivity index (χ4v) is 3.11. The number of amides is 1. The molecule has 1 atom stereocenters. The molecule has 0 spiro atoms. The van der Waals surface area contributed by atoms with Crippen molar-refractivity contribution in [2.45, 2.75) is 39.0 Å². The van der Waals surface area contributed by atoms with Crippen LogP contribution in [0.15, 0.2) is 18.2 Å². The first-order chi connectivity index (χ1) is 10.8. The lowest BCUT2D eigenvalue weighted by molar-refractivity contribution is 0.0172. The summed E-state index contributed by atoms with van der Waals surface area (Å²) in [5.41, 5.74) is 8.42. The summed E-state index contributed by atoms with van der Waals surface area (Å²) in [6, 6.07) is 6.08. The van der Waals surface area contributed by atoms with Gasteiger partial charge in [-0.1, -0.05) is 0 Å². The molecule has 2 heterocycles. The molecule has 0 bridgehead atoms. The first kappa shape index (κ1) is 15.9. The van der Waals surface area contributed by atoms with E-state index in [-0.39, 0.29) is 12.1 Å². The standard InChI is InChI=1S/C17H25N3O3/c1-17(2,3)23-16(21)19-6-7-20-14(9-19)11-22-10-12-8-13(18)4-5-15(12)20/h4-5,8,14H,6-7,9-11,18H2,1-3H3/t14-/m1/s1. The second kappa shape index (κ2) is 5.92. The Morgan fingerprint density at radius 1 is 1.35 bits per heavy atom. The molecule has 0 aliphatic carbocycles. The first-order valence-electron chi connectivity index (χ1n) is 8.04. The van der Waals surface area contributed by atoms with Crippen molar-refractivity contribution in [1.82, 2.24) is 4.90 Å². The molecule has 1 saturated heterocycles. The zero-order valence-electron chi connectivity index (χ0n) is 14.0. The predicted molar refractivity (Wildman–Crippen MR) is 89.5 cm³/mol. The van der Waals surface area contributed by atoms with E-state index in [2.05, 4.69) is 11.0 Å². The Morgan fingerprint density at radius 2 is 2.13 bits per heavy atom. The smallest absolute Gasteiger partial charge is 0.410 e. The number of carbonyl (C=O) groups is 1. The molecule has 1 fully saturated rings. The van der Waals surface area contributed by atoms with E-state index in [1.165, 1.54) is 0 Å². The van der Waals surface area contributed by atoms with Crippen molar-refractivity contribution in [3.8, 4) is 0 Å². The molecule has 3 rings (SSSR count). The Labute approximate surface area is 137 Å². The highest BCUT2D eigenvalue weighted by atomic mass is 16.6. The second-order valence-electron chi connectivity index (χ2n) is 7.18. The number of benzene rings is 1. The van der Waals surface area contributed by atoms with Gasteiger partial charge in [-0.05, 0) is 39.0 Å². The number of piperazine rings is 1. The molecule has 0 aromatic heterocycles. The van der Waals surface area contributed by atoms with Crippen LogP contribution in [0.5, 0.6) is 0 Å². The van der Waals surface area contributed by atoms with Crippen LogP contribution < -0.4 is 10.6 Å². The third-order valence-electron chi connectivity index (χ3n) is 4.12. The van der Waals surface area contributed by atoms with Gasteiger partial charge in [0.2, 0.25) is 0 Å². The molecule has 1 amide bonds. The van der Waals surface area contributed by atoms with Crippen molar-refractivity contribution in [2.24, 2.45) is 0 Å². The van der Waals surface area contributed by atoms with Gasteiger partial charge in [-0.2, -0.15) is 0 Å². The van der Waals surface area contributed by atoms with Gasteiger partial charge in [0.25, 0.3) is 0 Å². The number of hydrogen-bond acceptors (Lipinski definition) is 5. The van der Waals surface area contributed by atoms with Gasteiger partial charge in [0.15, 0.2) is 0 Å². The molecule has 126 valence electrons. The van der Waals surface area contributed by atoms with Gasteiger partial charge in [-0.25, -0.2) is 4.79 Å². The number of rotatable bonds is 0. The van der Waals surface area contributed by atoms with Crippen molar-refractivity contribution >= 4 is 17.5 Å². The molecule has 6 heteroatoms. The SMILES string of the molecule is CC(C)(C)OC(=O)N1CCN2c3ccc(N)cc3COC[C@H]2C1. The Balaban J connectivity index is 1.75. The molecule has 6 nitrogen and oxygen atoms in total. The lowest BCUT2D eigenvalue weighted by Gasteiger charge is -2.42. The lowest BCUT2D eigenvalue weighted by atomic mass is 10.1. The number of nitrogen functional groups attached to an aromatic ring is 1. The monoisotopic (exact) mass is 319 g/mol. The number of nitrogens with zero attached hydrogens (tertiary/aromatic N) is 2. The van der Waals surface area contributed by atoms with Gasteiger partial charge in [-0.3, -0.25) is 0 Å². The van der Waals surface area contributed by atoms with Gasteiger partial charge >= 0.3 is 6.09 Å². The van der Waals surface area contributed by atoms with Crippen molar-refractivity contribution in [1.29, 1.82) is 0 Å². The molecule has 2 aliphatic heterocycles. The molecule has 2 N–H and O–H groups in total. The van der Waals surface area contributed by atoms with E-state index in [0.29, 0.717) is 26.3 Å². The number of ether oxygens (including phenoxy) is 2. The van der Waals surface area contributed by atoms with Crippen LogP contribution in [0, 0.1) is 0 Å². The van der Waals surface area contributed by atoms with Crippen molar-refractivity contribution in [3.05, 3.63) is 23.8 Å². The maximum absolute atomic E-state index is 12.3. The van der Waals surface area contributed by atoms with Gasteiger partial charge < -0.3 is 25.0 Å². The number of hydrogen-bond donors (Lipinski definition) is 1. The lowest BCUT2D eigenvalue weighted by Crippen LogP contribution is -2.56. The van der Waals surface area contributed by atoms with E-state index in [0.717, 1.165) is 23.5 Å². The summed E-state index contributed by atoms with van der Waals surface area (Å²) in [5.74, 6) is 0. The van der Waals surface area contributed by atoms with Crippen molar-refractivity contribution in [3.63, 3.8) is 0 Å². The summed E-state index contributed by atoms with van der Waals surface area (Å²) in [7, 11) is 0. The molecule has 23 heavy (non-hydrogen) atoms. The highest BCUT2D eigenvalue weighted by molar-refractivity contribution is 5.69. The van der Waals surface area contributed by atoms with Crippen LogP contribution in [0.1, 0.15) is 26.3 Å². The number of carbonyl (C=O) groups excluding carboxylic acids is 1. The summed E-state index contributed by atoms with van der Waals surface area (Å²) in [4.78, 5) is 16.4. The highest BCUT2D eigenvalue weighted by Gasteiger charge is 2.34. The van der Waals surface area contributed by atoms with Crippen molar-refractivity contribution in [2.75, 3.05) is 36.9 Å². The van der Waals surface area contributed by atoms with Crippen LogP contribution in [-0.4, -0.2) is 48.9 Å². The quantitative estimate of drug-likeness (QED) is 0.743. The fourth-order valence-electron chi connectivity index (χ4n) is 3.11. The van der Waals surface area contributed by atoms with Crippen LogP contribution in [-0.2, 0) is 16.1 Å². The van der Waals surface area contributed by atoms with Crippen LogP contribution in [0.25, 0.3) is 0 Å². The van der Waals surface area contributed by atoms with Crippen LogP contribution >= 0.6 is 0 Å². The van der Waals surface area contributed by atoms with E-state index in [1.807, 2.05) is 32.9 Å². The average Bonchev–Trinajstić information content (AvgIpc) is 2.63. The van der Waals surface area contributed by atoms with Crippen LogP contribution in [0.2, 0.25) is 0 Å². The van der Waals surface area contributed by atoms with E-state index in [4.69, 9.17) is 15.2 Å². The minimum absolute atomic E-state index is 0.140. The predicted octanol–water partition coefficient (Wildman–Crippen LogP) is 2.22. The zero-order chi connectivity index (χ0) is 16.6. The van der Waals surface area contributed by atoms with Crippen LogP contribution in [0.4, 0.5) is 16.2 Å². The Bertz CT molecular complexity index is 597. The largest absolute Gasteiger partial charge is 0.444 e. The maximum Gasteiger partial charge on any atom is 0.410 e. The normalized spacial score (nSPS) is 21.3. The van der Waals surface area contributed by atoms with Crippen LogP contribution in [0.3, 0.4) is 0 Å². The Morgan fingerprint density at radius 3 is 2.87 bits per heavy atom. The Hall–Kier alpha value is -1.95. The highest BCUT2D eigenvalue weighted by Crippen LogP contribution is 2.30. The third kappa shape index (κ3) is 3.52. The summed E-state index contributed by atoms with van der Waals surface area (Å²) in [6.45, 7) is 8.83. The number of nitrogens with two attached hydrogens (primary N) is 1. The van der Waals surface area contributed by atoms with E-state index < -0.39 is 5.60 Å². The number of fused-ring (bicyclic) bond motifs is 3. The molecule has 0 radical (unpaired) electrons. The minimum atomic E-state index is -0.474. The van der Waals surface area contributed by atoms with E-state index in [1.54, 1.807) is 4.90 Å². The molecule has 1 aromatic rings. The summed E-state index contributed by atoms with van der Waals surface area (Å²) >= 11 is 0. The summed E-state index contributed by atoms with van der Waals surface area (Å²) < 4.78 is 11.3. The van der Waals surface area contributed by atoms with E-state index in [9.17, 15) is 4.79 Å². The molecule has 1 aromatic carbocycles. The topological polar surface area (TPSA) is 68.0 Å². The fraction of sp³-hybridized carbons (Fsp3) is 0.588. The minimum Gasteiger partial charge on any atom is -0.444 e. The molecule has 2 aliphatic rings. The Kier molecular flexibility index (Phi) is 4.10. The summed E-state index contributed by atoms with van der Waals surface area (Å²) in [5, 5.41) is 0. The van der Waals surface area contributed by atoms with Gasteiger partial charge in [0, 0.05) is 36.6 Å². The second-order valence-corrected chi connectivity index (χ2v) is 7.18. The molecular weight excluding hydrogens is 294 g/mol. The summed E-state index contributed by atoms with van der Waals surface area (Å²) in [6.07, 6.45) is -0.251. The van der Waals surface area contributed by atoms with E-state index >= 15 is 0 Å². The van der Waals surface area contributed by atoms with Gasteiger partial charge in [0.05, 0.1) is 19.3 Å². The maximum atomic E-state index is 12.3.